The van der Waals surface area contributed by atoms with E-state index in [2.05, 4.69) is 31.3 Å². The zero-order valence-electron chi connectivity index (χ0n) is 49.4. The molecule has 1 amide bonds. The number of unbranched alkanes of at least 4 members (excludes halogenated alkanes) is 49. The van der Waals surface area contributed by atoms with Crippen LogP contribution >= 0.6 is 0 Å². The van der Waals surface area contributed by atoms with Gasteiger partial charge in [-0.05, 0) is 57.8 Å². The first-order valence-electron chi connectivity index (χ1n) is 33.1. The van der Waals surface area contributed by atoms with Crippen LogP contribution in [0.1, 0.15) is 367 Å². The second-order valence-corrected chi connectivity index (χ2v) is 22.8. The minimum absolute atomic E-state index is 0.0193. The van der Waals surface area contributed by atoms with Gasteiger partial charge < -0.3 is 20.3 Å². The second-order valence-electron chi connectivity index (χ2n) is 22.8. The summed E-state index contributed by atoms with van der Waals surface area (Å²) < 4.78 is 5.50. The fourth-order valence-electron chi connectivity index (χ4n) is 10.4. The maximum Gasteiger partial charge on any atom is 0.305 e. The van der Waals surface area contributed by atoms with E-state index in [1.165, 1.54) is 302 Å². The molecule has 6 nitrogen and oxygen atoms in total. The fourth-order valence-corrected chi connectivity index (χ4v) is 10.4. The molecule has 73 heavy (non-hydrogen) atoms. The summed E-state index contributed by atoms with van der Waals surface area (Å²) in [6.07, 6.45) is 78.2. The summed E-state index contributed by atoms with van der Waals surface area (Å²) in [5, 5.41) is 23.1. The number of ether oxygens (including phenoxy) is 1. The van der Waals surface area contributed by atoms with Gasteiger partial charge in [-0.1, -0.05) is 321 Å². The molecule has 0 rings (SSSR count). The number of amides is 1. The van der Waals surface area contributed by atoms with Crippen molar-refractivity contribution in [2.75, 3.05) is 13.2 Å². The van der Waals surface area contributed by atoms with Gasteiger partial charge in [-0.2, -0.15) is 0 Å². The van der Waals surface area contributed by atoms with E-state index in [0.29, 0.717) is 19.4 Å². The molecule has 0 aliphatic carbocycles. The topological polar surface area (TPSA) is 95.9 Å². The largest absolute Gasteiger partial charge is 0.466 e. The number of esters is 1. The molecule has 3 N–H and O–H groups in total. The lowest BCUT2D eigenvalue weighted by Crippen LogP contribution is -2.45. The molecule has 0 heterocycles. The molecule has 0 aliphatic rings. The highest BCUT2D eigenvalue weighted by molar-refractivity contribution is 5.76. The van der Waals surface area contributed by atoms with E-state index in [1.54, 1.807) is 6.08 Å². The molecule has 2 unspecified atom stereocenters. The van der Waals surface area contributed by atoms with E-state index in [0.717, 1.165) is 38.5 Å². The number of carbonyl (C=O) groups is 2. The van der Waals surface area contributed by atoms with Crippen molar-refractivity contribution in [3.05, 3.63) is 24.3 Å². The predicted molar refractivity (Wildman–Crippen MR) is 320 cm³/mol. The first kappa shape index (κ1) is 71.3. The SMILES string of the molecule is CCCCCCCCCCCC/C=C/C(O)C(CO)NC(=O)CCCCCCCCCCCCCC/C=C\CCCCCCCCCCCCCCOC(=O)CCCCCCCCCCCCCCCCCC. The minimum Gasteiger partial charge on any atom is -0.466 e. The van der Waals surface area contributed by atoms with Gasteiger partial charge in [0.05, 0.1) is 25.4 Å². The summed E-state index contributed by atoms with van der Waals surface area (Å²) in [5.74, 6) is -0.0479. The molecule has 0 aromatic heterocycles. The van der Waals surface area contributed by atoms with Crippen molar-refractivity contribution in [3.8, 4) is 0 Å². The first-order chi connectivity index (χ1) is 36.0. The van der Waals surface area contributed by atoms with Crippen LogP contribution in [-0.2, 0) is 14.3 Å². The van der Waals surface area contributed by atoms with Crippen LogP contribution in [0.2, 0.25) is 0 Å². The average molecular weight is 1030 g/mol. The highest BCUT2D eigenvalue weighted by Gasteiger charge is 2.18. The minimum atomic E-state index is -0.843. The van der Waals surface area contributed by atoms with Gasteiger partial charge in [0.25, 0.3) is 0 Å². The fraction of sp³-hybridized carbons (Fsp3) is 0.910. The van der Waals surface area contributed by atoms with Crippen LogP contribution in [0.25, 0.3) is 0 Å². The molecule has 0 aromatic carbocycles. The molecule has 0 aromatic rings. The average Bonchev–Trinajstić information content (AvgIpc) is 3.39. The number of aliphatic hydroxyl groups excluding tert-OH is 2. The Morgan fingerprint density at radius 2 is 0.644 bits per heavy atom. The Kier molecular flexibility index (Phi) is 61.4. The number of nitrogens with one attached hydrogen (secondary N) is 1. The Hall–Kier alpha value is -1.66. The van der Waals surface area contributed by atoms with Gasteiger partial charge in [0.1, 0.15) is 0 Å². The van der Waals surface area contributed by atoms with Gasteiger partial charge in [0, 0.05) is 12.8 Å². The quantitative estimate of drug-likeness (QED) is 0.0320. The third-order valence-corrected chi connectivity index (χ3v) is 15.5. The molecular weight excluding hydrogens is 899 g/mol. The third kappa shape index (κ3) is 59.4. The van der Waals surface area contributed by atoms with E-state index in [4.69, 9.17) is 4.74 Å². The number of rotatable bonds is 62. The molecule has 432 valence electrons. The van der Waals surface area contributed by atoms with Gasteiger partial charge in [-0.25, -0.2) is 0 Å². The van der Waals surface area contributed by atoms with E-state index >= 15 is 0 Å². The van der Waals surface area contributed by atoms with Gasteiger partial charge >= 0.3 is 5.97 Å². The molecule has 0 fully saturated rings. The van der Waals surface area contributed by atoms with Crippen molar-refractivity contribution in [1.29, 1.82) is 0 Å². The Balaban J connectivity index is 3.36. The molecule has 0 saturated heterocycles. The highest BCUT2D eigenvalue weighted by Crippen LogP contribution is 2.18. The van der Waals surface area contributed by atoms with Crippen molar-refractivity contribution in [2.24, 2.45) is 0 Å². The number of hydrogen-bond donors (Lipinski definition) is 3. The van der Waals surface area contributed by atoms with Crippen molar-refractivity contribution in [2.45, 2.75) is 379 Å². The molecule has 2 atom stereocenters. The van der Waals surface area contributed by atoms with Crippen molar-refractivity contribution < 1.29 is 24.5 Å². The standard InChI is InChI=1S/C67H129NO5/c1-3-5-7-9-11-13-15-17-18-34-37-41-45-49-53-57-61-67(72)73-62-58-54-50-46-42-38-35-32-30-28-26-24-22-20-19-21-23-25-27-29-31-33-36-40-44-48-52-56-60-66(71)68-64(63-69)65(70)59-55-51-47-43-39-16-14-12-10-8-6-4-2/h19-20,55,59,64-65,69-70H,3-18,21-54,56-58,60-63H2,1-2H3,(H,68,71)/b20-19-,59-55+. The van der Waals surface area contributed by atoms with Gasteiger partial charge in [-0.3, -0.25) is 9.59 Å². The lowest BCUT2D eigenvalue weighted by molar-refractivity contribution is -0.143. The molecular formula is C67H129NO5. The van der Waals surface area contributed by atoms with Gasteiger partial charge in [0.2, 0.25) is 5.91 Å². The predicted octanol–water partition coefficient (Wildman–Crippen LogP) is 21.0. The van der Waals surface area contributed by atoms with Crippen LogP contribution in [0, 0.1) is 0 Å². The summed E-state index contributed by atoms with van der Waals surface area (Å²) in [4.78, 5) is 24.5. The van der Waals surface area contributed by atoms with Crippen LogP contribution in [0.4, 0.5) is 0 Å². The van der Waals surface area contributed by atoms with E-state index in [1.807, 2.05) is 6.08 Å². The van der Waals surface area contributed by atoms with Crippen LogP contribution < -0.4 is 5.32 Å². The zero-order valence-corrected chi connectivity index (χ0v) is 49.4. The molecule has 0 saturated carbocycles. The van der Waals surface area contributed by atoms with Crippen molar-refractivity contribution in [1.82, 2.24) is 5.32 Å². The number of allylic oxidation sites excluding steroid dienone is 3. The monoisotopic (exact) mass is 1030 g/mol. The van der Waals surface area contributed by atoms with Crippen LogP contribution in [0.15, 0.2) is 24.3 Å². The first-order valence-corrected chi connectivity index (χ1v) is 33.1. The summed E-state index contributed by atoms with van der Waals surface area (Å²) >= 11 is 0. The molecule has 0 bridgehead atoms. The maximum atomic E-state index is 12.4. The summed E-state index contributed by atoms with van der Waals surface area (Å²) in [5.41, 5.74) is 0. The highest BCUT2D eigenvalue weighted by atomic mass is 16.5. The third-order valence-electron chi connectivity index (χ3n) is 15.5. The smallest absolute Gasteiger partial charge is 0.305 e. The van der Waals surface area contributed by atoms with Crippen LogP contribution in [0.5, 0.6) is 0 Å². The summed E-state index contributed by atoms with van der Waals surface area (Å²) in [7, 11) is 0. The van der Waals surface area contributed by atoms with E-state index in [9.17, 15) is 19.8 Å². The van der Waals surface area contributed by atoms with Crippen molar-refractivity contribution in [3.63, 3.8) is 0 Å². The summed E-state index contributed by atoms with van der Waals surface area (Å²) in [6.45, 7) is 4.92. The van der Waals surface area contributed by atoms with Crippen molar-refractivity contribution >= 4 is 11.9 Å². The van der Waals surface area contributed by atoms with Crippen LogP contribution in [-0.4, -0.2) is 47.4 Å². The molecule has 0 aliphatic heterocycles. The maximum absolute atomic E-state index is 12.4. The summed E-state index contributed by atoms with van der Waals surface area (Å²) in [6, 6.07) is -0.626. The zero-order chi connectivity index (χ0) is 52.9. The molecule has 0 spiro atoms. The molecule has 0 radical (unpaired) electrons. The Bertz CT molecular complexity index is 1140. The van der Waals surface area contributed by atoms with Crippen LogP contribution in [0.3, 0.4) is 0 Å². The lowest BCUT2D eigenvalue weighted by atomic mass is 10.0. The normalized spacial score (nSPS) is 12.7. The number of hydrogen-bond acceptors (Lipinski definition) is 5. The number of aliphatic hydroxyl groups is 2. The lowest BCUT2D eigenvalue weighted by Gasteiger charge is -2.20. The second kappa shape index (κ2) is 62.9. The molecule has 6 heteroatoms. The number of carbonyl (C=O) groups excluding carboxylic acids is 2. The Labute approximate surface area is 456 Å². The van der Waals surface area contributed by atoms with E-state index < -0.39 is 12.1 Å². The van der Waals surface area contributed by atoms with E-state index in [-0.39, 0.29) is 18.5 Å². The van der Waals surface area contributed by atoms with Gasteiger partial charge in [-0.15, -0.1) is 0 Å². The van der Waals surface area contributed by atoms with Gasteiger partial charge in [0.15, 0.2) is 0 Å². The Morgan fingerprint density at radius 3 is 0.973 bits per heavy atom. The Morgan fingerprint density at radius 1 is 0.370 bits per heavy atom.